The summed E-state index contributed by atoms with van der Waals surface area (Å²) in [6, 6.07) is 9.65. The molecule has 0 atom stereocenters. The fraction of sp³-hybridized carbons (Fsp3) is 0.500. The van der Waals surface area contributed by atoms with E-state index in [1.165, 1.54) is 0 Å². The molecule has 0 heterocycles. The Morgan fingerprint density at radius 2 is 1.82 bits per heavy atom. The van der Waals surface area contributed by atoms with Crippen LogP contribution >= 0.6 is 0 Å². The molecule has 17 heavy (non-hydrogen) atoms. The molecule has 0 spiro atoms. The Morgan fingerprint density at radius 3 is 2.41 bits per heavy atom. The van der Waals surface area contributed by atoms with Crippen LogP contribution < -0.4 is 11.1 Å². The minimum absolute atomic E-state index is 0.159. The summed E-state index contributed by atoms with van der Waals surface area (Å²) in [5, 5.41) is 2.97. The first kappa shape index (κ1) is 12.1. The minimum Gasteiger partial charge on any atom is -0.330 e. The highest BCUT2D eigenvalue weighted by molar-refractivity contribution is 5.92. The second-order valence-electron chi connectivity index (χ2n) is 4.81. The zero-order valence-electron chi connectivity index (χ0n) is 10.1. The zero-order chi connectivity index (χ0) is 12.1. The van der Waals surface area contributed by atoms with Crippen molar-refractivity contribution in [3.8, 4) is 0 Å². The highest BCUT2D eigenvalue weighted by Crippen LogP contribution is 2.28. The molecule has 1 aromatic rings. The number of benzene rings is 1. The van der Waals surface area contributed by atoms with Crippen molar-refractivity contribution in [1.29, 1.82) is 0 Å². The number of nitrogens with one attached hydrogen (secondary N) is 1. The number of amides is 1. The molecule has 0 bridgehead atoms. The molecule has 3 heteroatoms. The van der Waals surface area contributed by atoms with Gasteiger partial charge in [0.2, 0.25) is 5.91 Å². The van der Waals surface area contributed by atoms with Crippen LogP contribution in [-0.2, 0) is 4.79 Å². The van der Waals surface area contributed by atoms with Gasteiger partial charge in [0.05, 0.1) is 0 Å². The molecule has 1 amide bonds. The van der Waals surface area contributed by atoms with Crippen LogP contribution in [0.25, 0.3) is 0 Å². The van der Waals surface area contributed by atoms with Gasteiger partial charge in [0, 0.05) is 11.6 Å². The Morgan fingerprint density at radius 1 is 1.18 bits per heavy atom. The number of nitrogens with two attached hydrogens (primary N) is 1. The van der Waals surface area contributed by atoms with Gasteiger partial charge in [-0.15, -0.1) is 0 Å². The molecule has 0 unspecified atom stereocenters. The van der Waals surface area contributed by atoms with E-state index >= 15 is 0 Å². The van der Waals surface area contributed by atoms with Crippen LogP contribution in [0, 0.1) is 11.8 Å². The largest absolute Gasteiger partial charge is 0.330 e. The number of carbonyl (C=O) groups is 1. The van der Waals surface area contributed by atoms with Crippen molar-refractivity contribution >= 4 is 11.6 Å². The van der Waals surface area contributed by atoms with Crippen molar-refractivity contribution in [2.24, 2.45) is 17.6 Å². The summed E-state index contributed by atoms with van der Waals surface area (Å²) in [6.45, 7) is 0.757. The molecular formula is C14H20N2O. The van der Waals surface area contributed by atoms with Crippen molar-refractivity contribution in [3.05, 3.63) is 30.3 Å². The first-order valence-electron chi connectivity index (χ1n) is 6.35. The lowest BCUT2D eigenvalue weighted by Gasteiger charge is -2.26. The first-order valence-corrected chi connectivity index (χ1v) is 6.35. The number of hydrogen-bond acceptors (Lipinski definition) is 2. The molecule has 0 saturated heterocycles. The van der Waals surface area contributed by atoms with Crippen molar-refractivity contribution in [2.75, 3.05) is 11.9 Å². The van der Waals surface area contributed by atoms with Crippen LogP contribution in [0.1, 0.15) is 25.7 Å². The lowest BCUT2D eigenvalue weighted by atomic mass is 9.81. The second-order valence-corrected chi connectivity index (χ2v) is 4.81. The molecule has 1 saturated carbocycles. The Kier molecular flexibility index (Phi) is 4.15. The van der Waals surface area contributed by atoms with Gasteiger partial charge in [-0.2, -0.15) is 0 Å². The van der Waals surface area contributed by atoms with E-state index in [2.05, 4.69) is 5.32 Å². The lowest BCUT2D eigenvalue weighted by Crippen LogP contribution is -2.29. The van der Waals surface area contributed by atoms with E-state index in [-0.39, 0.29) is 11.8 Å². The lowest BCUT2D eigenvalue weighted by molar-refractivity contribution is -0.121. The number of anilines is 1. The zero-order valence-corrected chi connectivity index (χ0v) is 10.1. The normalized spacial score (nSPS) is 24.3. The van der Waals surface area contributed by atoms with Crippen molar-refractivity contribution in [3.63, 3.8) is 0 Å². The molecule has 0 radical (unpaired) electrons. The van der Waals surface area contributed by atoms with Crippen molar-refractivity contribution < 1.29 is 4.79 Å². The molecule has 0 aliphatic heterocycles. The third kappa shape index (κ3) is 3.30. The fourth-order valence-corrected chi connectivity index (χ4v) is 2.43. The number of hydrogen-bond donors (Lipinski definition) is 2. The maximum atomic E-state index is 12.0. The Labute approximate surface area is 102 Å². The number of carbonyl (C=O) groups excluding carboxylic acids is 1. The van der Waals surface area contributed by atoms with Gasteiger partial charge in [0.15, 0.2) is 0 Å². The van der Waals surface area contributed by atoms with Gasteiger partial charge < -0.3 is 11.1 Å². The molecular weight excluding hydrogens is 212 g/mol. The monoisotopic (exact) mass is 232 g/mol. The summed E-state index contributed by atoms with van der Waals surface area (Å²) >= 11 is 0. The average molecular weight is 232 g/mol. The van der Waals surface area contributed by atoms with Gasteiger partial charge in [-0.3, -0.25) is 4.79 Å². The van der Waals surface area contributed by atoms with E-state index in [4.69, 9.17) is 5.73 Å². The summed E-state index contributed by atoms with van der Waals surface area (Å²) in [5.41, 5.74) is 6.54. The van der Waals surface area contributed by atoms with Crippen LogP contribution in [0.3, 0.4) is 0 Å². The van der Waals surface area contributed by atoms with Crippen LogP contribution in [0.4, 0.5) is 5.69 Å². The molecule has 1 aliphatic rings. The molecule has 92 valence electrons. The number of rotatable bonds is 3. The summed E-state index contributed by atoms with van der Waals surface area (Å²) in [5.74, 6) is 0.945. The van der Waals surface area contributed by atoms with Gasteiger partial charge >= 0.3 is 0 Å². The van der Waals surface area contributed by atoms with Gasteiger partial charge in [0.25, 0.3) is 0 Å². The molecule has 0 aromatic heterocycles. The van der Waals surface area contributed by atoms with Crippen LogP contribution in [-0.4, -0.2) is 12.5 Å². The quantitative estimate of drug-likeness (QED) is 0.840. The van der Waals surface area contributed by atoms with Crippen LogP contribution in [0.5, 0.6) is 0 Å². The Bertz CT molecular complexity index is 356. The van der Waals surface area contributed by atoms with Gasteiger partial charge in [-0.25, -0.2) is 0 Å². The summed E-state index contributed by atoms with van der Waals surface area (Å²) in [7, 11) is 0. The Hall–Kier alpha value is -1.35. The summed E-state index contributed by atoms with van der Waals surface area (Å²) in [6.07, 6.45) is 4.12. The summed E-state index contributed by atoms with van der Waals surface area (Å²) < 4.78 is 0. The van der Waals surface area contributed by atoms with Gasteiger partial charge in [-0.05, 0) is 50.3 Å². The standard InChI is InChI=1S/C14H20N2O/c15-10-11-6-8-12(9-7-11)14(17)16-13-4-2-1-3-5-13/h1-5,11-12H,6-10,15H2,(H,16,17). The topological polar surface area (TPSA) is 55.1 Å². The average Bonchev–Trinajstić information content (AvgIpc) is 2.40. The van der Waals surface area contributed by atoms with E-state index < -0.39 is 0 Å². The molecule has 3 N–H and O–H groups in total. The van der Waals surface area contributed by atoms with E-state index in [1.54, 1.807) is 0 Å². The first-order chi connectivity index (χ1) is 8.29. The predicted molar refractivity (Wildman–Crippen MR) is 69.6 cm³/mol. The Balaban J connectivity index is 1.85. The van der Waals surface area contributed by atoms with E-state index in [0.717, 1.165) is 37.9 Å². The molecule has 1 fully saturated rings. The van der Waals surface area contributed by atoms with E-state index in [0.29, 0.717) is 5.92 Å². The highest BCUT2D eigenvalue weighted by Gasteiger charge is 2.25. The number of para-hydroxylation sites is 1. The third-order valence-corrected chi connectivity index (χ3v) is 3.59. The van der Waals surface area contributed by atoms with Crippen molar-refractivity contribution in [1.82, 2.24) is 0 Å². The summed E-state index contributed by atoms with van der Waals surface area (Å²) in [4.78, 5) is 12.0. The van der Waals surface area contributed by atoms with E-state index in [9.17, 15) is 4.79 Å². The second kappa shape index (κ2) is 5.82. The third-order valence-electron chi connectivity index (χ3n) is 3.59. The predicted octanol–water partition coefficient (Wildman–Crippen LogP) is 2.39. The minimum atomic E-state index is 0.159. The molecule has 2 rings (SSSR count). The highest BCUT2D eigenvalue weighted by atomic mass is 16.1. The fourth-order valence-electron chi connectivity index (χ4n) is 2.43. The van der Waals surface area contributed by atoms with Crippen molar-refractivity contribution in [2.45, 2.75) is 25.7 Å². The maximum Gasteiger partial charge on any atom is 0.227 e. The van der Waals surface area contributed by atoms with Crippen LogP contribution in [0.2, 0.25) is 0 Å². The maximum absolute atomic E-state index is 12.0. The SMILES string of the molecule is NCC1CCC(C(=O)Nc2ccccc2)CC1. The molecule has 1 aliphatic carbocycles. The van der Waals surface area contributed by atoms with Gasteiger partial charge in [0.1, 0.15) is 0 Å². The van der Waals surface area contributed by atoms with Gasteiger partial charge in [-0.1, -0.05) is 18.2 Å². The molecule has 1 aromatic carbocycles. The smallest absolute Gasteiger partial charge is 0.227 e. The van der Waals surface area contributed by atoms with Crippen LogP contribution in [0.15, 0.2) is 30.3 Å². The van der Waals surface area contributed by atoms with E-state index in [1.807, 2.05) is 30.3 Å². The molecule has 3 nitrogen and oxygen atoms in total.